The van der Waals surface area contributed by atoms with Crippen molar-refractivity contribution in [3.05, 3.63) is 28.7 Å². The van der Waals surface area contributed by atoms with Gasteiger partial charge in [-0.05, 0) is 38.3 Å². The van der Waals surface area contributed by atoms with E-state index in [4.69, 9.17) is 9.15 Å². The van der Waals surface area contributed by atoms with Crippen LogP contribution in [0.4, 0.5) is 4.79 Å². The van der Waals surface area contributed by atoms with E-state index in [1.807, 2.05) is 0 Å². The summed E-state index contributed by atoms with van der Waals surface area (Å²) in [4.78, 5) is 40.0. The molecule has 0 radical (unpaired) electrons. The third-order valence-electron chi connectivity index (χ3n) is 6.04. The summed E-state index contributed by atoms with van der Waals surface area (Å²) < 4.78 is 39.0. The predicted molar refractivity (Wildman–Crippen MR) is 118 cm³/mol. The lowest BCUT2D eigenvalue weighted by atomic mass is 10.1. The molecule has 0 N–H and O–H groups in total. The molecule has 33 heavy (non-hydrogen) atoms. The summed E-state index contributed by atoms with van der Waals surface area (Å²) in [5, 5.41) is 0. The van der Waals surface area contributed by atoms with Gasteiger partial charge in [-0.1, -0.05) is 0 Å². The van der Waals surface area contributed by atoms with Crippen molar-refractivity contribution in [2.75, 3.05) is 45.9 Å². The van der Waals surface area contributed by atoms with Crippen molar-refractivity contribution in [1.29, 1.82) is 0 Å². The van der Waals surface area contributed by atoms with E-state index < -0.39 is 21.9 Å². The number of likely N-dealkylation sites (tertiary alicyclic amines) is 1. The van der Waals surface area contributed by atoms with Crippen molar-refractivity contribution in [2.45, 2.75) is 37.6 Å². The highest BCUT2D eigenvalue weighted by molar-refractivity contribution is 7.89. The number of rotatable bonds is 5. The maximum atomic E-state index is 13.1. The van der Waals surface area contributed by atoms with Crippen molar-refractivity contribution in [3.8, 4) is 0 Å². The van der Waals surface area contributed by atoms with Gasteiger partial charge in [-0.3, -0.25) is 9.36 Å². The van der Waals surface area contributed by atoms with E-state index in [2.05, 4.69) is 0 Å². The van der Waals surface area contributed by atoms with Crippen LogP contribution in [0.25, 0.3) is 11.1 Å². The lowest BCUT2D eigenvalue weighted by molar-refractivity contribution is -0.132. The number of benzene rings is 1. The molecule has 2 amide bonds. The Morgan fingerprint density at radius 1 is 1.00 bits per heavy atom. The van der Waals surface area contributed by atoms with Crippen LogP contribution in [0.1, 0.15) is 26.2 Å². The zero-order valence-electron chi connectivity index (χ0n) is 18.6. The number of hydrogen-bond acceptors (Lipinski definition) is 7. The topological polar surface area (TPSA) is 122 Å². The standard InChI is InChI=1S/C21H28N4O7S/c1-2-31-20(27)23-10-12-24(13-11-23)33(29,30)16-6-7-17-18(14-16)32-21(28)25(17)15-19(26)22-8-4-3-5-9-22/h6-7,14H,2-5,8-13,15H2,1H3. The average molecular weight is 481 g/mol. The SMILES string of the molecule is CCOC(=O)N1CCN(S(=O)(=O)c2ccc3c(c2)oc(=O)n3CC(=O)N2CCCCC2)CC1. The fourth-order valence-electron chi connectivity index (χ4n) is 4.21. The number of sulfonamides is 1. The molecule has 1 aromatic carbocycles. The monoisotopic (exact) mass is 480 g/mol. The number of nitrogens with zero attached hydrogens (tertiary/aromatic N) is 4. The van der Waals surface area contributed by atoms with Crippen LogP contribution in [0.2, 0.25) is 0 Å². The largest absolute Gasteiger partial charge is 0.450 e. The molecule has 3 heterocycles. The van der Waals surface area contributed by atoms with Crippen molar-refractivity contribution < 1.29 is 27.2 Å². The number of oxazole rings is 1. The molecule has 0 spiro atoms. The molecule has 2 aliphatic rings. The van der Waals surface area contributed by atoms with Gasteiger partial charge in [0.05, 0.1) is 17.0 Å². The van der Waals surface area contributed by atoms with Crippen molar-refractivity contribution in [3.63, 3.8) is 0 Å². The Kier molecular flexibility index (Phi) is 6.75. The molecular weight excluding hydrogens is 452 g/mol. The molecule has 0 atom stereocenters. The summed E-state index contributed by atoms with van der Waals surface area (Å²) in [5.41, 5.74) is 0.481. The number of fused-ring (bicyclic) bond motifs is 1. The summed E-state index contributed by atoms with van der Waals surface area (Å²) in [6.07, 6.45) is 2.52. The minimum absolute atomic E-state index is 0.0113. The number of amides is 2. The second kappa shape index (κ2) is 9.56. The lowest BCUT2D eigenvalue weighted by Gasteiger charge is -2.33. The van der Waals surface area contributed by atoms with Crippen molar-refractivity contribution >= 4 is 33.1 Å². The molecule has 0 saturated carbocycles. The molecule has 4 rings (SSSR count). The first-order chi connectivity index (χ1) is 15.8. The minimum Gasteiger partial charge on any atom is -0.450 e. The van der Waals surface area contributed by atoms with Crippen LogP contribution in [0.15, 0.2) is 32.3 Å². The maximum Gasteiger partial charge on any atom is 0.420 e. The molecule has 0 aliphatic carbocycles. The van der Waals surface area contributed by atoms with Crippen molar-refractivity contribution in [2.24, 2.45) is 0 Å². The van der Waals surface area contributed by atoms with Crippen LogP contribution in [0, 0.1) is 0 Å². The summed E-state index contributed by atoms with van der Waals surface area (Å²) in [7, 11) is -3.85. The van der Waals surface area contributed by atoms with E-state index in [9.17, 15) is 22.8 Å². The summed E-state index contributed by atoms with van der Waals surface area (Å²) in [5.74, 6) is -0.858. The number of ether oxygens (including phenoxy) is 1. The van der Waals surface area contributed by atoms with E-state index in [-0.39, 0.29) is 55.7 Å². The van der Waals surface area contributed by atoms with E-state index in [0.717, 1.165) is 19.3 Å². The molecule has 11 nitrogen and oxygen atoms in total. The molecule has 2 saturated heterocycles. The van der Waals surface area contributed by atoms with E-state index in [1.165, 1.54) is 32.0 Å². The average Bonchev–Trinajstić information content (AvgIpc) is 3.14. The number of piperidine rings is 1. The van der Waals surface area contributed by atoms with Gasteiger partial charge in [0, 0.05) is 45.3 Å². The minimum atomic E-state index is -3.85. The number of carbonyl (C=O) groups excluding carboxylic acids is 2. The molecule has 0 unspecified atom stereocenters. The fourth-order valence-corrected chi connectivity index (χ4v) is 5.65. The Bertz CT molecular complexity index is 1190. The molecule has 0 bridgehead atoms. The number of carbonyl (C=O) groups is 2. The highest BCUT2D eigenvalue weighted by Crippen LogP contribution is 2.23. The Balaban J connectivity index is 1.51. The van der Waals surface area contributed by atoms with Crippen LogP contribution in [-0.2, 0) is 26.1 Å². The number of hydrogen-bond donors (Lipinski definition) is 0. The second-order valence-electron chi connectivity index (χ2n) is 8.12. The Hall–Kier alpha value is -2.86. The molecule has 2 aromatic rings. The van der Waals surface area contributed by atoms with Gasteiger partial charge in [0.15, 0.2) is 5.58 Å². The van der Waals surface area contributed by atoms with Gasteiger partial charge in [-0.2, -0.15) is 4.31 Å². The zero-order chi connectivity index (χ0) is 23.6. The summed E-state index contributed by atoms with van der Waals surface area (Å²) in [6, 6.07) is 4.21. The van der Waals surface area contributed by atoms with Crippen LogP contribution in [-0.4, -0.2) is 85.0 Å². The highest BCUT2D eigenvalue weighted by atomic mass is 32.2. The highest BCUT2D eigenvalue weighted by Gasteiger charge is 2.31. The molecule has 2 aliphatic heterocycles. The van der Waals surface area contributed by atoms with Gasteiger partial charge in [-0.15, -0.1) is 0 Å². The molecule has 2 fully saturated rings. The zero-order valence-corrected chi connectivity index (χ0v) is 19.4. The Labute approximate surface area is 191 Å². The first-order valence-electron chi connectivity index (χ1n) is 11.1. The molecule has 12 heteroatoms. The molecule has 1 aromatic heterocycles. The summed E-state index contributed by atoms with van der Waals surface area (Å²) in [6.45, 7) is 3.89. The number of piperazine rings is 1. The number of aromatic nitrogens is 1. The quantitative estimate of drug-likeness (QED) is 0.627. The van der Waals surface area contributed by atoms with Crippen LogP contribution >= 0.6 is 0 Å². The fraction of sp³-hybridized carbons (Fsp3) is 0.571. The summed E-state index contributed by atoms with van der Waals surface area (Å²) >= 11 is 0. The van der Waals surface area contributed by atoms with Crippen LogP contribution in [0.5, 0.6) is 0 Å². The van der Waals surface area contributed by atoms with Crippen LogP contribution in [0.3, 0.4) is 0 Å². The normalized spacial score (nSPS) is 18.0. The Morgan fingerprint density at radius 2 is 1.70 bits per heavy atom. The second-order valence-corrected chi connectivity index (χ2v) is 10.1. The van der Waals surface area contributed by atoms with Gasteiger partial charge in [0.25, 0.3) is 0 Å². The lowest BCUT2D eigenvalue weighted by Crippen LogP contribution is -2.50. The van der Waals surface area contributed by atoms with Gasteiger partial charge in [0.2, 0.25) is 15.9 Å². The van der Waals surface area contributed by atoms with Gasteiger partial charge in [0.1, 0.15) is 6.54 Å². The van der Waals surface area contributed by atoms with E-state index in [1.54, 1.807) is 11.8 Å². The van der Waals surface area contributed by atoms with Crippen LogP contribution < -0.4 is 5.76 Å². The van der Waals surface area contributed by atoms with E-state index in [0.29, 0.717) is 18.6 Å². The van der Waals surface area contributed by atoms with Gasteiger partial charge >= 0.3 is 11.8 Å². The first kappa shape index (κ1) is 23.3. The Morgan fingerprint density at radius 3 is 2.36 bits per heavy atom. The van der Waals surface area contributed by atoms with E-state index >= 15 is 0 Å². The first-order valence-corrected chi connectivity index (χ1v) is 12.6. The smallest absolute Gasteiger partial charge is 0.420 e. The maximum absolute atomic E-state index is 13.1. The van der Waals surface area contributed by atoms with Gasteiger partial charge < -0.3 is 19.0 Å². The molecular formula is C21H28N4O7S. The predicted octanol–water partition coefficient (Wildman–Crippen LogP) is 1.07. The molecule has 180 valence electrons. The van der Waals surface area contributed by atoms with Crippen molar-refractivity contribution in [1.82, 2.24) is 18.7 Å². The third kappa shape index (κ3) is 4.76. The third-order valence-corrected chi connectivity index (χ3v) is 7.94. The van der Waals surface area contributed by atoms with Gasteiger partial charge in [-0.25, -0.2) is 18.0 Å².